The van der Waals surface area contributed by atoms with Crippen LogP contribution in [0.15, 0.2) is 23.0 Å². The largest absolute Gasteiger partial charge is 0.379 e. The van der Waals surface area contributed by atoms with Gasteiger partial charge in [-0.1, -0.05) is 0 Å². The Labute approximate surface area is 108 Å². The Morgan fingerprint density at radius 1 is 1.37 bits per heavy atom. The average Bonchev–Trinajstić information content (AvgIpc) is 2.95. The number of benzene rings is 1. The summed E-state index contributed by atoms with van der Waals surface area (Å²) >= 11 is 0. The molecule has 1 atom stereocenters. The first kappa shape index (κ1) is 11.9. The van der Waals surface area contributed by atoms with E-state index in [4.69, 9.17) is 10.5 Å². The fraction of sp³-hybridized carbons (Fsp3) is 0.333. The van der Waals surface area contributed by atoms with Gasteiger partial charge in [-0.15, -0.1) is 0 Å². The number of anilines is 1. The molecule has 0 saturated carbocycles. The highest BCUT2D eigenvalue weighted by atomic mass is 16.5. The fourth-order valence-corrected chi connectivity index (χ4v) is 2.13. The summed E-state index contributed by atoms with van der Waals surface area (Å²) in [5.74, 6) is -0.276. The lowest BCUT2D eigenvalue weighted by Gasteiger charge is -2.20. The molecule has 1 aliphatic heterocycles. The lowest BCUT2D eigenvalue weighted by molar-refractivity contribution is -0.121. The molecule has 0 spiro atoms. The molecular weight excluding hydrogens is 248 g/mol. The van der Waals surface area contributed by atoms with Crippen molar-refractivity contribution in [2.24, 2.45) is 5.73 Å². The van der Waals surface area contributed by atoms with E-state index in [1.165, 1.54) is 0 Å². The highest BCUT2D eigenvalue weighted by molar-refractivity contribution is 5.99. The maximum absolute atomic E-state index is 12.1. The van der Waals surface area contributed by atoms with Gasteiger partial charge in [-0.05, 0) is 24.6 Å². The molecule has 7 heteroatoms. The number of amides is 1. The standard InChI is InChI=1S/C12H14N4O3/c13-12(3-4-19-6-12)10(17)14-7-1-2-8-9(5-7)16-11(18)15-8/h1-2,5H,3-4,6,13H2,(H,14,17)(H2,15,16,18). The lowest BCUT2D eigenvalue weighted by Crippen LogP contribution is -2.51. The molecule has 1 amide bonds. The highest BCUT2D eigenvalue weighted by Gasteiger charge is 2.38. The maximum Gasteiger partial charge on any atom is 0.323 e. The number of hydrogen-bond acceptors (Lipinski definition) is 4. The molecule has 1 aromatic heterocycles. The smallest absolute Gasteiger partial charge is 0.323 e. The molecule has 1 aromatic carbocycles. The molecule has 0 radical (unpaired) electrons. The second kappa shape index (κ2) is 4.22. The number of carbonyl (C=O) groups is 1. The summed E-state index contributed by atoms with van der Waals surface area (Å²) in [7, 11) is 0. The van der Waals surface area contributed by atoms with Crippen LogP contribution in [0.4, 0.5) is 5.69 Å². The number of nitrogens with one attached hydrogen (secondary N) is 3. The van der Waals surface area contributed by atoms with Crippen LogP contribution < -0.4 is 16.7 Å². The molecule has 7 nitrogen and oxygen atoms in total. The van der Waals surface area contributed by atoms with Crippen molar-refractivity contribution >= 4 is 22.6 Å². The van der Waals surface area contributed by atoms with Crippen molar-refractivity contribution in [1.82, 2.24) is 9.97 Å². The van der Waals surface area contributed by atoms with Crippen molar-refractivity contribution < 1.29 is 9.53 Å². The molecule has 2 heterocycles. The lowest BCUT2D eigenvalue weighted by atomic mass is 9.99. The molecule has 3 rings (SSSR count). The van der Waals surface area contributed by atoms with Crippen LogP contribution in [0.25, 0.3) is 11.0 Å². The zero-order valence-electron chi connectivity index (χ0n) is 10.2. The maximum atomic E-state index is 12.1. The minimum absolute atomic E-state index is 0.224. The van der Waals surface area contributed by atoms with Gasteiger partial charge in [0, 0.05) is 12.3 Å². The van der Waals surface area contributed by atoms with Gasteiger partial charge in [0.2, 0.25) is 5.91 Å². The van der Waals surface area contributed by atoms with Gasteiger partial charge in [-0.25, -0.2) is 4.79 Å². The van der Waals surface area contributed by atoms with E-state index in [2.05, 4.69) is 15.3 Å². The van der Waals surface area contributed by atoms with Gasteiger partial charge in [0.1, 0.15) is 5.54 Å². The van der Waals surface area contributed by atoms with Crippen molar-refractivity contribution in [3.8, 4) is 0 Å². The quantitative estimate of drug-likeness (QED) is 0.605. The van der Waals surface area contributed by atoms with E-state index in [1.54, 1.807) is 18.2 Å². The van der Waals surface area contributed by atoms with Gasteiger partial charge < -0.3 is 25.8 Å². The predicted octanol–water partition coefficient (Wildman–Crippen LogP) is -0.0875. The molecule has 0 aliphatic carbocycles. The molecule has 0 bridgehead atoms. The van der Waals surface area contributed by atoms with Crippen LogP contribution in [-0.2, 0) is 9.53 Å². The first-order valence-electron chi connectivity index (χ1n) is 5.97. The number of aromatic amines is 2. The van der Waals surface area contributed by atoms with Gasteiger partial charge >= 0.3 is 5.69 Å². The van der Waals surface area contributed by atoms with E-state index in [-0.39, 0.29) is 18.2 Å². The van der Waals surface area contributed by atoms with E-state index in [9.17, 15) is 9.59 Å². The molecular formula is C12H14N4O3. The number of imidazole rings is 1. The molecule has 2 aromatic rings. The molecule has 5 N–H and O–H groups in total. The highest BCUT2D eigenvalue weighted by Crippen LogP contribution is 2.20. The molecule has 1 saturated heterocycles. The van der Waals surface area contributed by atoms with Gasteiger partial charge in [0.05, 0.1) is 17.6 Å². The van der Waals surface area contributed by atoms with Crippen molar-refractivity contribution in [3.63, 3.8) is 0 Å². The number of carbonyl (C=O) groups excluding carboxylic acids is 1. The monoisotopic (exact) mass is 262 g/mol. The average molecular weight is 262 g/mol. The third kappa shape index (κ3) is 2.13. The number of ether oxygens (including phenoxy) is 1. The number of H-pyrrole nitrogens is 2. The van der Waals surface area contributed by atoms with Crippen molar-refractivity contribution in [2.75, 3.05) is 18.5 Å². The van der Waals surface area contributed by atoms with Gasteiger partial charge in [0.15, 0.2) is 0 Å². The van der Waals surface area contributed by atoms with E-state index in [0.29, 0.717) is 29.7 Å². The summed E-state index contributed by atoms with van der Waals surface area (Å²) in [5, 5.41) is 2.75. The number of hydrogen-bond donors (Lipinski definition) is 4. The van der Waals surface area contributed by atoms with Crippen LogP contribution in [0, 0.1) is 0 Å². The second-order valence-corrected chi connectivity index (χ2v) is 4.75. The fourth-order valence-electron chi connectivity index (χ4n) is 2.13. The Bertz CT molecular complexity index is 682. The Kier molecular flexibility index (Phi) is 2.65. The summed E-state index contributed by atoms with van der Waals surface area (Å²) in [5.41, 5.74) is 6.63. The van der Waals surface area contributed by atoms with Crippen molar-refractivity contribution in [1.29, 1.82) is 0 Å². The van der Waals surface area contributed by atoms with E-state index in [1.807, 2.05) is 0 Å². The van der Waals surface area contributed by atoms with Crippen LogP contribution >= 0.6 is 0 Å². The third-order valence-electron chi connectivity index (χ3n) is 3.28. The third-order valence-corrected chi connectivity index (χ3v) is 3.28. The summed E-state index contributed by atoms with van der Waals surface area (Å²) in [6, 6.07) is 5.12. The van der Waals surface area contributed by atoms with Gasteiger partial charge in [-0.3, -0.25) is 4.79 Å². The first-order valence-corrected chi connectivity index (χ1v) is 5.97. The zero-order valence-corrected chi connectivity index (χ0v) is 10.2. The zero-order chi connectivity index (χ0) is 13.5. The summed E-state index contributed by atoms with van der Waals surface area (Å²) < 4.78 is 5.15. The minimum atomic E-state index is -0.972. The van der Waals surface area contributed by atoms with Crippen LogP contribution in [0.1, 0.15) is 6.42 Å². The van der Waals surface area contributed by atoms with Crippen LogP contribution in [0.5, 0.6) is 0 Å². The SMILES string of the molecule is NC1(C(=O)Nc2ccc3[nH]c(=O)[nH]c3c2)CCOC1. The molecule has 1 fully saturated rings. The molecule has 100 valence electrons. The number of rotatable bonds is 2. The van der Waals surface area contributed by atoms with Gasteiger partial charge in [-0.2, -0.15) is 0 Å². The van der Waals surface area contributed by atoms with E-state index >= 15 is 0 Å². The predicted molar refractivity (Wildman–Crippen MR) is 69.9 cm³/mol. The first-order chi connectivity index (χ1) is 9.07. The topological polar surface area (TPSA) is 113 Å². The second-order valence-electron chi connectivity index (χ2n) is 4.75. The number of aromatic nitrogens is 2. The Balaban J connectivity index is 1.84. The van der Waals surface area contributed by atoms with Crippen molar-refractivity contribution in [3.05, 3.63) is 28.7 Å². The molecule has 19 heavy (non-hydrogen) atoms. The van der Waals surface area contributed by atoms with Crippen LogP contribution in [-0.4, -0.2) is 34.6 Å². The number of nitrogens with two attached hydrogens (primary N) is 1. The minimum Gasteiger partial charge on any atom is -0.379 e. The normalized spacial score (nSPS) is 22.8. The van der Waals surface area contributed by atoms with Crippen LogP contribution in [0.2, 0.25) is 0 Å². The summed E-state index contributed by atoms with van der Waals surface area (Å²) in [4.78, 5) is 28.5. The molecule has 1 unspecified atom stereocenters. The van der Waals surface area contributed by atoms with E-state index in [0.717, 1.165) is 0 Å². The van der Waals surface area contributed by atoms with Crippen LogP contribution in [0.3, 0.4) is 0 Å². The number of fused-ring (bicyclic) bond motifs is 1. The molecule has 1 aliphatic rings. The summed E-state index contributed by atoms with van der Waals surface area (Å²) in [6.07, 6.45) is 0.502. The van der Waals surface area contributed by atoms with Gasteiger partial charge in [0.25, 0.3) is 0 Å². The Morgan fingerprint density at radius 3 is 2.89 bits per heavy atom. The Morgan fingerprint density at radius 2 is 2.16 bits per heavy atom. The summed E-state index contributed by atoms with van der Waals surface area (Å²) in [6.45, 7) is 0.718. The van der Waals surface area contributed by atoms with E-state index < -0.39 is 5.54 Å². The Hall–Kier alpha value is -2.12. The van der Waals surface area contributed by atoms with Crippen molar-refractivity contribution in [2.45, 2.75) is 12.0 Å².